The molecule has 1 aromatic heterocycles. The van der Waals surface area contributed by atoms with Crippen LogP contribution in [0.2, 0.25) is 0 Å². The van der Waals surface area contributed by atoms with Crippen LogP contribution in [0.5, 0.6) is 0 Å². The van der Waals surface area contributed by atoms with Gasteiger partial charge in [-0.3, -0.25) is 0 Å². The number of anilines is 3. The number of nitrogens with zero attached hydrogens (tertiary/aromatic N) is 2. The molecule has 2 aliphatic rings. The van der Waals surface area contributed by atoms with E-state index in [1.807, 2.05) is 0 Å². The lowest BCUT2D eigenvalue weighted by molar-refractivity contribution is 0.660. The lowest BCUT2D eigenvalue weighted by Gasteiger charge is -2.29. The molecule has 0 N–H and O–H groups in total. The Balaban J connectivity index is 0.959. The predicted octanol–water partition coefficient (Wildman–Crippen LogP) is 18.0. The minimum absolute atomic E-state index is 0.0900. The van der Waals surface area contributed by atoms with Crippen molar-refractivity contribution in [3.8, 4) is 39.1 Å². The van der Waals surface area contributed by atoms with Crippen LogP contribution < -0.4 is 4.90 Å². The molecule has 0 radical (unpaired) electrons. The van der Waals surface area contributed by atoms with E-state index in [-0.39, 0.29) is 10.8 Å². The smallest absolute Gasteiger partial charge is 0.0544 e. The van der Waals surface area contributed by atoms with E-state index < -0.39 is 0 Å². The number of para-hydroxylation sites is 1. The van der Waals surface area contributed by atoms with Gasteiger partial charge < -0.3 is 9.47 Å². The fraction of sp³-hybridized carbons (Fsp3) is 0.0909. The Hall–Kier alpha value is -8.20. The van der Waals surface area contributed by atoms with E-state index in [0.29, 0.717) is 0 Å². The van der Waals surface area contributed by atoms with Gasteiger partial charge >= 0.3 is 0 Å². The van der Waals surface area contributed by atoms with Crippen LogP contribution in [0.1, 0.15) is 49.9 Å². The molecule has 68 heavy (non-hydrogen) atoms. The normalized spacial score (nSPS) is 14.1. The molecule has 0 spiro atoms. The molecule has 322 valence electrons. The molecule has 0 atom stereocenters. The molecule has 2 heteroatoms. The van der Waals surface area contributed by atoms with Crippen molar-refractivity contribution in [3.63, 3.8) is 0 Å². The Morgan fingerprint density at radius 2 is 0.868 bits per heavy atom. The molecule has 11 aromatic carbocycles. The minimum Gasteiger partial charge on any atom is -0.310 e. The summed E-state index contributed by atoms with van der Waals surface area (Å²) in [6, 6.07) is 81.8. The number of rotatable bonds is 5. The van der Waals surface area contributed by atoms with Crippen molar-refractivity contribution in [2.24, 2.45) is 0 Å². The molecule has 12 aromatic rings. The van der Waals surface area contributed by atoms with E-state index in [1.165, 1.54) is 121 Å². The van der Waals surface area contributed by atoms with E-state index in [0.717, 1.165) is 11.4 Å². The molecule has 0 unspecified atom stereocenters. The van der Waals surface area contributed by atoms with Crippen molar-refractivity contribution >= 4 is 71.2 Å². The highest BCUT2D eigenvalue weighted by Gasteiger charge is 2.38. The van der Waals surface area contributed by atoms with Crippen LogP contribution in [0.25, 0.3) is 93.2 Å². The summed E-state index contributed by atoms with van der Waals surface area (Å²) in [6.07, 6.45) is 0. The van der Waals surface area contributed by atoms with Gasteiger partial charge in [0, 0.05) is 44.2 Å². The quantitative estimate of drug-likeness (QED) is 0.156. The summed E-state index contributed by atoms with van der Waals surface area (Å²) in [5.41, 5.74) is 20.0. The molecule has 14 rings (SSSR count). The van der Waals surface area contributed by atoms with Gasteiger partial charge in [-0.1, -0.05) is 179 Å². The third-order valence-electron chi connectivity index (χ3n) is 15.8. The Bertz CT molecular complexity index is 4040. The molecule has 1 heterocycles. The number of hydrogen-bond acceptors (Lipinski definition) is 1. The van der Waals surface area contributed by atoms with Crippen LogP contribution in [0, 0.1) is 0 Å². The monoisotopic (exact) mass is 868 g/mol. The Kier molecular flexibility index (Phi) is 8.12. The second-order valence-electron chi connectivity index (χ2n) is 20.1. The maximum absolute atomic E-state index is 2.50. The molecular formula is C66H48N2. The molecule has 0 aliphatic heterocycles. The van der Waals surface area contributed by atoms with E-state index in [2.05, 4.69) is 256 Å². The summed E-state index contributed by atoms with van der Waals surface area (Å²) in [7, 11) is 0. The minimum atomic E-state index is -0.127. The highest BCUT2D eigenvalue weighted by atomic mass is 15.1. The first-order valence-electron chi connectivity index (χ1n) is 24.0. The van der Waals surface area contributed by atoms with Crippen LogP contribution in [0.4, 0.5) is 17.1 Å². The molecular weight excluding hydrogens is 821 g/mol. The summed E-state index contributed by atoms with van der Waals surface area (Å²) in [5.74, 6) is 0. The topological polar surface area (TPSA) is 8.17 Å². The van der Waals surface area contributed by atoms with Crippen LogP contribution in [0.3, 0.4) is 0 Å². The predicted molar refractivity (Wildman–Crippen MR) is 289 cm³/mol. The van der Waals surface area contributed by atoms with Crippen molar-refractivity contribution in [2.45, 2.75) is 38.5 Å². The third-order valence-corrected chi connectivity index (χ3v) is 15.8. The molecule has 0 bridgehead atoms. The molecule has 0 fully saturated rings. The van der Waals surface area contributed by atoms with Crippen molar-refractivity contribution in [1.82, 2.24) is 4.57 Å². The highest BCUT2D eigenvalue weighted by molar-refractivity contribution is 6.26. The van der Waals surface area contributed by atoms with Crippen LogP contribution in [-0.4, -0.2) is 4.57 Å². The van der Waals surface area contributed by atoms with Crippen molar-refractivity contribution in [2.75, 3.05) is 4.90 Å². The second kappa shape index (κ2) is 14.2. The van der Waals surface area contributed by atoms with Gasteiger partial charge in [0.2, 0.25) is 0 Å². The van der Waals surface area contributed by atoms with Gasteiger partial charge in [-0.25, -0.2) is 0 Å². The Labute approximate surface area is 397 Å². The van der Waals surface area contributed by atoms with E-state index in [1.54, 1.807) is 0 Å². The standard InChI is InChI=1S/C66H48N2/c1-65(2)58-26-15-13-24-52(58)64-59(65)27-16-28-62(64)67(45-34-35-50-48-21-9-8-19-46(48)47-20-10-11-22-49(47)53(50)38-45)44-32-29-41(30-33-44)42-31-36-61-55(37-42)56-39-54-51-23-12-14-25-57(51)66(3,4)60(54)40-63(56)68(61)43-17-6-5-7-18-43/h5-40H,1-4H3. The molecule has 2 nitrogen and oxygen atoms in total. The lowest BCUT2D eigenvalue weighted by atomic mass is 9.82. The van der Waals surface area contributed by atoms with Gasteiger partial charge in [0.1, 0.15) is 0 Å². The van der Waals surface area contributed by atoms with E-state index >= 15 is 0 Å². The average Bonchev–Trinajstić information content (AvgIpc) is 3.92. The van der Waals surface area contributed by atoms with Gasteiger partial charge in [-0.05, 0) is 149 Å². The number of aromatic nitrogens is 1. The largest absolute Gasteiger partial charge is 0.310 e. The first-order chi connectivity index (χ1) is 33.3. The Morgan fingerprint density at radius 1 is 0.324 bits per heavy atom. The summed E-state index contributed by atoms with van der Waals surface area (Å²) in [6.45, 7) is 9.48. The van der Waals surface area contributed by atoms with Gasteiger partial charge in [-0.15, -0.1) is 0 Å². The zero-order chi connectivity index (χ0) is 45.5. The summed E-state index contributed by atoms with van der Waals surface area (Å²) in [5, 5.41) is 10.2. The summed E-state index contributed by atoms with van der Waals surface area (Å²) < 4.78 is 2.46. The van der Waals surface area contributed by atoms with Crippen molar-refractivity contribution < 1.29 is 0 Å². The van der Waals surface area contributed by atoms with Gasteiger partial charge in [-0.2, -0.15) is 0 Å². The third kappa shape index (κ3) is 5.40. The molecule has 2 aliphatic carbocycles. The number of hydrogen-bond donors (Lipinski definition) is 0. The zero-order valence-corrected chi connectivity index (χ0v) is 38.7. The van der Waals surface area contributed by atoms with Crippen molar-refractivity contribution in [3.05, 3.63) is 241 Å². The SMILES string of the molecule is CC1(C)c2ccccc2-c2cc3c4cc(-c5ccc(N(c6ccc7c8ccccc8c8ccccc8c7c6)c6cccc7c6-c6ccccc6C7(C)C)cc5)ccc4n(-c4ccccc4)c3cc21. The number of fused-ring (bicyclic) bond motifs is 15. The zero-order valence-electron chi connectivity index (χ0n) is 38.7. The molecule has 0 amide bonds. The maximum Gasteiger partial charge on any atom is 0.0544 e. The fourth-order valence-corrected chi connectivity index (χ4v) is 12.4. The Morgan fingerprint density at radius 3 is 1.59 bits per heavy atom. The molecule has 0 saturated carbocycles. The first-order valence-corrected chi connectivity index (χ1v) is 24.0. The van der Waals surface area contributed by atoms with Crippen molar-refractivity contribution in [1.29, 1.82) is 0 Å². The second-order valence-corrected chi connectivity index (χ2v) is 20.1. The summed E-state index contributed by atoms with van der Waals surface area (Å²) in [4.78, 5) is 2.50. The van der Waals surface area contributed by atoms with Crippen LogP contribution >= 0.6 is 0 Å². The lowest BCUT2D eigenvalue weighted by Crippen LogP contribution is -2.16. The maximum atomic E-state index is 2.50. The number of benzene rings is 11. The fourth-order valence-electron chi connectivity index (χ4n) is 12.4. The highest BCUT2D eigenvalue weighted by Crippen LogP contribution is 2.55. The van der Waals surface area contributed by atoms with Crippen LogP contribution in [0.15, 0.2) is 218 Å². The van der Waals surface area contributed by atoms with E-state index in [9.17, 15) is 0 Å². The van der Waals surface area contributed by atoms with Gasteiger partial charge in [0.25, 0.3) is 0 Å². The summed E-state index contributed by atoms with van der Waals surface area (Å²) >= 11 is 0. The average molecular weight is 869 g/mol. The van der Waals surface area contributed by atoms with E-state index in [4.69, 9.17) is 0 Å². The van der Waals surface area contributed by atoms with Gasteiger partial charge in [0.05, 0.1) is 16.7 Å². The first kappa shape index (κ1) is 39.0. The van der Waals surface area contributed by atoms with Crippen LogP contribution in [-0.2, 0) is 10.8 Å². The van der Waals surface area contributed by atoms with Gasteiger partial charge in [0.15, 0.2) is 0 Å². The molecule has 0 saturated heterocycles.